The van der Waals surface area contributed by atoms with Crippen molar-refractivity contribution < 1.29 is 23.9 Å². The predicted molar refractivity (Wildman–Crippen MR) is 104 cm³/mol. The van der Waals surface area contributed by atoms with Gasteiger partial charge < -0.3 is 9.47 Å². The molecular weight excluding hydrogens is 368 g/mol. The third-order valence-corrected chi connectivity index (χ3v) is 4.46. The lowest BCUT2D eigenvalue weighted by atomic mass is 9.81. The summed E-state index contributed by atoms with van der Waals surface area (Å²) in [4.78, 5) is 35.0. The molecule has 0 N–H and O–H groups in total. The molecule has 5 nitrogen and oxygen atoms in total. The first-order chi connectivity index (χ1) is 11.4. The Balaban J connectivity index is 4.81. The third kappa shape index (κ3) is 10.5. The molecule has 0 aliphatic carbocycles. The van der Waals surface area contributed by atoms with Crippen LogP contribution in [0.2, 0.25) is 0 Å². The maximum atomic E-state index is 11.8. The lowest BCUT2D eigenvalue weighted by Crippen LogP contribution is -2.35. The summed E-state index contributed by atoms with van der Waals surface area (Å²) in [5.41, 5.74) is -0.551. The number of Topliss-reactive ketones (excluding diaryl/α,β-unsaturated/α-hetero) is 1. The molecule has 0 aromatic carbocycles. The summed E-state index contributed by atoms with van der Waals surface area (Å²) in [5, 5.41) is 0. The van der Waals surface area contributed by atoms with Gasteiger partial charge in [0, 0.05) is 29.8 Å². The lowest BCUT2D eigenvalue weighted by Gasteiger charge is -2.31. The highest BCUT2D eigenvalue weighted by Gasteiger charge is 2.32. The van der Waals surface area contributed by atoms with Crippen LogP contribution in [0.3, 0.4) is 0 Å². The first kappa shape index (κ1) is 23.7. The number of hydrogen-bond acceptors (Lipinski definition) is 8. The highest BCUT2D eigenvalue weighted by atomic mass is 32.1. The van der Waals surface area contributed by atoms with Crippen LogP contribution in [-0.4, -0.2) is 48.2 Å². The smallest absolute Gasteiger partial charge is 0.306 e. The van der Waals surface area contributed by atoms with Gasteiger partial charge in [-0.3, -0.25) is 14.4 Å². The quantitative estimate of drug-likeness (QED) is 0.311. The number of esters is 2. The maximum absolute atomic E-state index is 11.8. The zero-order chi connectivity index (χ0) is 18.4. The van der Waals surface area contributed by atoms with E-state index in [0.717, 1.165) is 0 Å². The molecule has 0 aromatic rings. The van der Waals surface area contributed by atoms with Crippen LogP contribution >= 0.6 is 37.9 Å². The van der Waals surface area contributed by atoms with Gasteiger partial charge in [-0.25, -0.2) is 0 Å². The largest absolute Gasteiger partial charge is 0.465 e. The predicted octanol–water partition coefficient (Wildman–Crippen LogP) is 2.78. The van der Waals surface area contributed by atoms with Crippen molar-refractivity contribution in [2.75, 3.05) is 30.5 Å². The number of carbonyl (C=O) groups excluding carboxylic acids is 3. The van der Waals surface area contributed by atoms with Crippen molar-refractivity contribution in [1.29, 1.82) is 0 Å². The molecule has 0 aromatic heterocycles. The molecule has 140 valence electrons. The fraction of sp³-hybridized carbons (Fsp3) is 0.812. The van der Waals surface area contributed by atoms with E-state index in [1.54, 1.807) is 0 Å². The number of ether oxygens (including phenoxy) is 2. The Hall–Kier alpha value is -0.340. The number of hydrogen-bond donors (Lipinski definition) is 3. The second kappa shape index (κ2) is 13.9. The molecule has 0 spiro atoms. The Bertz CT molecular complexity index is 346. The Morgan fingerprint density at radius 1 is 0.792 bits per heavy atom. The molecule has 0 radical (unpaired) electrons. The van der Waals surface area contributed by atoms with Crippen molar-refractivity contribution in [3.63, 3.8) is 0 Å². The first-order valence-corrected chi connectivity index (χ1v) is 9.98. The maximum Gasteiger partial charge on any atom is 0.306 e. The van der Waals surface area contributed by atoms with Crippen LogP contribution in [-0.2, 0) is 23.9 Å². The standard InChI is InChI=1S/C16H28O5S3/c1-2-16(7-3-13(17)4-8-22,11-20-14(18)5-9-23)12-21-15(19)6-10-24/h22-24H,2-12H2,1H3. The van der Waals surface area contributed by atoms with Gasteiger partial charge in [-0.05, 0) is 18.6 Å². The van der Waals surface area contributed by atoms with Gasteiger partial charge in [-0.2, -0.15) is 37.9 Å². The van der Waals surface area contributed by atoms with Gasteiger partial charge in [-0.15, -0.1) is 0 Å². The summed E-state index contributed by atoms with van der Waals surface area (Å²) < 4.78 is 10.6. The van der Waals surface area contributed by atoms with E-state index in [2.05, 4.69) is 37.9 Å². The van der Waals surface area contributed by atoms with Gasteiger partial charge in [0.05, 0.1) is 12.8 Å². The topological polar surface area (TPSA) is 69.7 Å². The molecule has 8 heteroatoms. The number of thiol groups is 3. The number of rotatable bonds is 14. The molecule has 0 fully saturated rings. The van der Waals surface area contributed by atoms with Gasteiger partial charge in [0.2, 0.25) is 0 Å². The summed E-state index contributed by atoms with van der Waals surface area (Å²) in [6.07, 6.45) is 2.33. The Kier molecular flexibility index (Phi) is 13.7. The minimum Gasteiger partial charge on any atom is -0.465 e. The molecule has 0 bridgehead atoms. The van der Waals surface area contributed by atoms with E-state index < -0.39 is 5.41 Å². The van der Waals surface area contributed by atoms with E-state index in [1.807, 2.05) is 6.92 Å². The molecule has 24 heavy (non-hydrogen) atoms. The molecule has 0 aliphatic rings. The summed E-state index contributed by atoms with van der Waals surface area (Å²) in [5.74, 6) is 0.750. The van der Waals surface area contributed by atoms with E-state index in [-0.39, 0.29) is 43.8 Å². The van der Waals surface area contributed by atoms with Crippen LogP contribution < -0.4 is 0 Å². The molecular formula is C16H28O5S3. The Morgan fingerprint density at radius 3 is 1.62 bits per heavy atom. The minimum atomic E-state index is -0.551. The van der Waals surface area contributed by atoms with Crippen LogP contribution in [0.25, 0.3) is 0 Å². The molecule has 0 saturated heterocycles. The Morgan fingerprint density at radius 2 is 1.25 bits per heavy atom. The van der Waals surface area contributed by atoms with Gasteiger partial charge >= 0.3 is 11.9 Å². The molecule has 0 aliphatic heterocycles. The lowest BCUT2D eigenvalue weighted by molar-refractivity contribution is -0.154. The molecule has 0 heterocycles. The van der Waals surface area contributed by atoms with Gasteiger partial charge in [0.15, 0.2) is 0 Å². The summed E-state index contributed by atoms with van der Waals surface area (Å²) in [6.45, 7) is 2.18. The molecule has 0 saturated carbocycles. The van der Waals surface area contributed by atoms with Gasteiger partial charge in [-0.1, -0.05) is 6.92 Å². The SMILES string of the molecule is CCC(CCC(=O)CCS)(COC(=O)CCS)COC(=O)CCS. The van der Waals surface area contributed by atoms with Crippen molar-refractivity contribution in [3.8, 4) is 0 Å². The van der Waals surface area contributed by atoms with Gasteiger partial charge in [0.25, 0.3) is 0 Å². The van der Waals surface area contributed by atoms with Crippen LogP contribution in [0.4, 0.5) is 0 Å². The van der Waals surface area contributed by atoms with Crippen LogP contribution in [0.1, 0.15) is 45.4 Å². The second-order valence-corrected chi connectivity index (χ2v) is 6.98. The van der Waals surface area contributed by atoms with Gasteiger partial charge in [0.1, 0.15) is 19.0 Å². The van der Waals surface area contributed by atoms with Crippen LogP contribution in [0.5, 0.6) is 0 Å². The van der Waals surface area contributed by atoms with Crippen molar-refractivity contribution >= 4 is 55.6 Å². The highest BCUT2D eigenvalue weighted by Crippen LogP contribution is 2.30. The highest BCUT2D eigenvalue weighted by molar-refractivity contribution is 7.80. The van der Waals surface area contributed by atoms with E-state index in [1.165, 1.54) is 0 Å². The zero-order valence-corrected chi connectivity index (χ0v) is 16.8. The Labute approximate surface area is 160 Å². The second-order valence-electron chi connectivity index (χ2n) is 5.63. The molecule has 0 rings (SSSR count). The normalized spacial score (nSPS) is 11.2. The average molecular weight is 397 g/mol. The summed E-state index contributed by atoms with van der Waals surface area (Å²) >= 11 is 12.1. The summed E-state index contributed by atoms with van der Waals surface area (Å²) in [7, 11) is 0. The molecule has 0 atom stereocenters. The van der Waals surface area contributed by atoms with E-state index >= 15 is 0 Å². The van der Waals surface area contributed by atoms with E-state index in [4.69, 9.17) is 9.47 Å². The fourth-order valence-corrected chi connectivity index (χ4v) is 2.63. The average Bonchev–Trinajstić information content (AvgIpc) is 2.55. The van der Waals surface area contributed by atoms with Crippen molar-refractivity contribution in [2.45, 2.75) is 45.4 Å². The first-order valence-electron chi connectivity index (χ1n) is 8.08. The van der Waals surface area contributed by atoms with Crippen molar-refractivity contribution in [2.24, 2.45) is 5.41 Å². The van der Waals surface area contributed by atoms with Crippen molar-refractivity contribution in [3.05, 3.63) is 0 Å². The zero-order valence-electron chi connectivity index (χ0n) is 14.2. The minimum absolute atomic E-state index is 0.103. The molecule has 0 unspecified atom stereocenters. The van der Waals surface area contributed by atoms with Crippen LogP contribution in [0.15, 0.2) is 0 Å². The third-order valence-electron chi connectivity index (χ3n) is 3.79. The number of carbonyl (C=O) groups is 3. The van der Waals surface area contributed by atoms with Crippen LogP contribution in [0, 0.1) is 5.41 Å². The monoisotopic (exact) mass is 396 g/mol. The summed E-state index contributed by atoms with van der Waals surface area (Å²) in [6, 6.07) is 0. The van der Waals surface area contributed by atoms with Crippen molar-refractivity contribution in [1.82, 2.24) is 0 Å². The fourth-order valence-electron chi connectivity index (χ4n) is 2.02. The molecule has 0 amide bonds. The number of ketones is 1. The van der Waals surface area contributed by atoms with E-state index in [9.17, 15) is 14.4 Å². The van der Waals surface area contributed by atoms with E-state index in [0.29, 0.717) is 42.9 Å².